The Balaban J connectivity index is 1.40. The molecule has 0 radical (unpaired) electrons. The number of methoxy groups -OCH3 is 1. The Labute approximate surface area is 224 Å². The van der Waals surface area contributed by atoms with E-state index in [2.05, 4.69) is 35.6 Å². The number of pyridine rings is 1. The summed E-state index contributed by atoms with van der Waals surface area (Å²) < 4.78 is 5.03. The number of H-pyrrole nitrogens is 1. The molecule has 11 heteroatoms. The van der Waals surface area contributed by atoms with Crippen molar-refractivity contribution < 1.29 is 14.3 Å². The Morgan fingerprint density at radius 3 is 2.54 bits per heavy atom. The number of anilines is 3. The number of imidazole rings is 1. The monoisotopic (exact) mass is 522 g/mol. The van der Waals surface area contributed by atoms with Crippen molar-refractivity contribution in [2.45, 2.75) is 6.04 Å². The molecule has 3 heterocycles. The van der Waals surface area contributed by atoms with Gasteiger partial charge in [0.2, 0.25) is 5.95 Å². The molecule has 11 nitrogen and oxygen atoms in total. The van der Waals surface area contributed by atoms with Crippen LogP contribution in [0.2, 0.25) is 0 Å². The molecule has 39 heavy (non-hydrogen) atoms. The van der Waals surface area contributed by atoms with E-state index in [1.54, 1.807) is 43.7 Å². The summed E-state index contributed by atoms with van der Waals surface area (Å²) in [6.45, 7) is 0.107. The molecular formula is C28H26N8O3. The van der Waals surface area contributed by atoms with Crippen molar-refractivity contribution in [1.29, 1.82) is 0 Å². The highest BCUT2D eigenvalue weighted by Gasteiger charge is 2.27. The van der Waals surface area contributed by atoms with Gasteiger partial charge < -0.3 is 25.3 Å². The van der Waals surface area contributed by atoms with Crippen molar-refractivity contribution >= 4 is 40.4 Å². The first kappa shape index (κ1) is 25.3. The summed E-state index contributed by atoms with van der Waals surface area (Å²) in [5, 5.41) is 5.72. The zero-order valence-corrected chi connectivity index (χ0v) is 21.3. The van der Waals surface area contributed by atoms with Gasteiger partial charge in [0.1, 0.15) is 17.6 Å². The molecule has 1 unspecified atom stereocenters. The Hall–Kier alpha value is -5.32. The highest BCUT2D eigenvalue weighted by molar-refractivity contribution is 5.99. The molecule has 0 saturated heterocycles. The molecule has 3 N–H and O–H groups in total. The number of carbonyl (C=O) groups is 2. The van der Waals surface area contributed by atoms with E-state index in [0.717, 1.165) is 11.2 Å². The number of para-hydroxylation sites is 1. The van der Waals surface area contributed by atoms with Gasteiger partial charge in [-0.25, -0.2) is 24.7 Å². The Bertz CT molecular complexity index is 1550. The normalized spacial score (nSPS) is 11.5. The topological polar surface area (TPSA) is 138 Å². The summed E-state index contributed by atoms with van der Waals surface area (Å²) >= 11 is 0. The summed E-state index contributed by atoms with van der Waals surface area (Å²) in [5.41, 5.74) is 3.09. The standard InChI is InChI=1S/C28H26N8O3/c1-29-28-31-15-13-21(35-28)25-32-20-12-11-18(16-22(20)33-25)26(37)34-23(27(38)39-2)17-36(19-8-4-3-5-9-19)24-10-6-7-14-30-24/h3-16,23H,17H2,1-2H3,(H,32,33)(H,34,37)(H,29,31,35). The zero-order chi connectivity index (χ0) is 27.2. The van der Waals surface area contributed by atoms with Gasteiger partial charge in [0.15, 0.2) is 5.82 Å². The van der Waals surface area contributed by atoms with Crippen molar-refractivity contribution in [3.05, 3.63) is 90.8 Å². The van der Waals surface area contributed by atoms with Gasteiger partial charge in [0.25, 0.3) is 5.91 Å². The van der Waals surface area contributed by atoms with Gasteiger partial charge >= 0.3 is 5.97 Å². The van der Waals surface area contributed by atoms with E-state index in [1.165, 1.54) is 7.11 Å². The molecule has 0 aliphatic heterocycles. The Kier molecular flexibility index (Phi) is 7.39. The molecule has 2 aromatic carbocycles. The van der Waals surface area contributed by atoms with E-state index in [9.17, 15) is 9.59 Å². The lowest BCUT2D eigenvalue weighted by Crippen LogP contribution is -2.48. The van der Waals surface area contributed by atoms with Gasteiger partial charge in [0, 0.05) is 30.7 Å². The zero-order valence-electron chi connectivity index (χ0n) is 21.3. The molecule has 0 aliphatic carbocycles. The summed E-state index contributed by atoms with van der Waals surface area (Å²) in [6, 6.07) is 20.9. The fourth-order valence-corrected chi connectivity index (χ4v) is 4.08. The average molecular weight is 523 g/mol. The van der Waals surface area contributed by atoms with E-state index < -0.39 is 17.9 Å². The number of amides is 1. The summed E-state index contributed by atoms with van der Waals surface area (Å²) in [4.78, 5) is 48.7. The first-order chi connectivity index (χ1) is 19.1. The third-order valence-corrected chi connectivity index (χ3v) is 6.02. The number of benzene rings is 2. The highest BCUT2D eigenvalue weighted by Crippen LogP contribution is 2.24. The number of hydrogen-bond donors (Lipinski definition) is 3. The molecule has 5 aromatic rings. The van der Waals surface area contributed by atoms with Gasteiger partial charge in [-0.1, -0.05) is 24.3 Å². The molecule has 0 bridgehead atoms. The maximum atomic E-state index is 13.3. The summed E-state index contributed by atoms with van der Waals surface area (Å²) in [6.07, 6.45) is 3.31. The minimum absolute atomic E-state index is 0.107. The van der Waals surface area contributed by atoms with Crippen LogP contribution in [0.3, 0.4) is 0 Å². The lowest BCUT2D eigenvalue weighted by Gasteiger charge is -2.28. The largest absolute Gasteiger partial charge is 0.467 e. The SMILES string of the molecule is CNc1nccc(-c2nc3cc(C(=O)NC(CN(c4ccccc4)c4ccccn4)C(=O)OC)ccc3[nH]2)n1. The van der Waals surface area contributed by atoms with Crippen LogP contribution in [0.1, 0.15) is 10.4 Å². The number of nitrogens with zero attached hydrogens (tertiary/aromatic N) is 5. The quantitative estimate of drug-likeness (QED) is 0.248. The molecule has 1 amide bonds. The van der Waals surface area contributed by atoms with Gasteiger partial charge in [-0.05, 0) is 48.5 Å². The molecule has 0 fully saturated rings. The number of esters is 1. The van der Waals surface area contributed by atoms with Crippen LogP contribution in [-0.2, 0) is 9.53 Å². The maximum absolute atomic E-state index is 13.3. The second-order valence-electron chi connectivity index (χ2n) is 8.52. The van der Waals surface area contributed by atoms with Gasteiger partial charge in [-0.15, -0.1) is 0 Å². The highest BCUT2D eigenvalue weighted by atomic mass is 16.5. The Morgan fingerprint density at radius 1 is 0.974 bits per heavy atom. The van der Waals surface area contributed by atoms with E-state index >= 15 is 0 Å². The average Bonchev–Trinajstić information content (AvgIpc) is 3.43. The number of aromatic nitrogens is 5. The van der Waals surface area contributed by atoms with Crippen molar-refractivity contribution in [2.24, 2.45) is 0 Å². The van der Waals surface area contributed by atoms with Crippen LogP contribution in [0.5, 0.6) is 0 Å². The van der Waals surface area contributed by atoms with Crippen molar-refractivity contribution in [3.8, 4) is 11.5 Å². The lowest BCUT2D eigenvalue weighted by molar-refractivity contribution is -0.142. The number of fused-ring (bicyclic) bond motifs is 1. The van der Waals surface area contributed by atoms with E-state index in [1.807, 2.05) is 53.4 Å². The third kappa shape index (κ3) is 5.67. The number of carbonyl (C=O) groups excluding carboxylic acids is 2. The smallest absolute Gasteiger partial charge is 0.330 e. The molecule has 0 aliphatic rings. The maximum Gasteiger partial charge on any atom is 0.330 e. The molecule has 5 rings (SSSR count). The van der Waals surface area contributed by atoms with Crippen molar-refractivity contribution in [3.63, 3.8) is 0 Å². The van der Waals surface area contributed by atoms with Crippen molar-refractivity contribution in [2.75, 3.05) is 30.9 Å². The fourth-order valence-electron chi connectivity index (χ4n) is 4.08. The van der Waals surface area contributed by atoms with Crippen LogP contribution >= 0.6 is 0 Å². The first-order valence-corrected chi connectivity index (χ1v) is 12.2. The number of ether oxygens (including phenoxy) is 1. The minimum Gasteiger partial charge on any atom is -0.467 e. The number of nitrogens with one attached hydrogen (secondary N) is 3. The van der Waals surface area contributed by atoms with Gasteiger partial charge in [-0.2, -0.15) is 0 Å². The number of hydrogen-bond acceptors (Lipinski definition) is 9. The van der Waals surface area contributed by atoms with Crippen LogP contribution in [0.4, 0.5) is 17.5 Å². The first-order valence-electron chi connectivity index (χ1n) is 12.2. The molecule has 0 saturated carbocycles. The summed E-state index contributed by atoms with van der Waals surface area (Å²) in [5.74, 6) is 0.626. The fraction of sp³-hybridized carbons (Fsp3) is 0.143. The van der Waals surface area contributed by atoms with Crippen LogP contribution in [-0.4, -0.2) is 63.5 Å². The lowest BCUT2D eigenvalue weighted by atomic mass is 10.1. The van der Waals surface area contributed by atoms with Gasteiger partial charge in [-0.3, -0.25) is 4.79 Å². The Morgan fingerprint density at radius 2 is 1.79 bits per heavy atom. The number of aromatic amines is 1. The second-order valence-corrected chi connectivity index (χ2v) is 8.52. The van der Waals surface area contributed by atoms with E-state index in [-0.39, 0.29) is 6.54 Å². The van der Waals surface area contributed by atoms with Crippen molar-refractivity contribution in [1.82, 2.24) is 30.2 Å². The molecular weight excluding hydrogens is 496 g/mol. The molecule has 0 spiro atoms. The molecule has 1 atom stereocenters. The summed E-state index contributed by atoms with van der Waals surface area (Å²) in [7, 11) is 3.03. The van der Waals surface area contributed by atoms with Crippen LogP contribution in [0, 0.1) is 0 Å². The molecule has 3 aromatic heterocycles. The number of rotatable bonds is 9. The molecule has 196 valence electrons. The third-order valence-electron chi connectivity index (χ3n) is 6.02. The second kappa shape index (κ2) is 11.4. The van der Waals surface area contributed by atoms with E-state index in [4.69, 9.17) is 4.74 Å². The van der Waals surface area contributed by atoms with E-state index in [0.29, 0.717) is 34.4 Å². The predicted molar refractivity (Wildman–Crippen MR) is 148 cm³/mol. The van der Waals surface area contributed by atoms with Crippen LogP contribution < -0.4 is 15.5 Å². The van der Waals surface area contributed by atoms with Crippen LogP contribution in [0.25, 0.3) is 22.6 Å². The van der Waals surface area contributed by atoms with Crippen LogP contribution in [0.15, 0.2) is 85.2 Å². The van der Waals surface area contributed by atoms with Gasteiger partial charge in [0.05, 0.1) is 24.7 Å². The minimum atomic E-state index is -0.976. The predicted octanol–water partition coefficient (Wildman–Crippen LogP) is 3.57.